The lowest BCUT2D eigenvalue weighted by molar-refractivity contribution is -0.136. The van der Waals surface area contributed by atoms with E-state index in [-0.39, 0.29) is 36.5 Å². The van der Waals surface area contributed by atoms with Crippen molar-refractivity contribution in [2.24, 2.45) is 0 Å². The van der Waals surface area contributed by atoms with Crippen LogP contribution in [0.5, 0.6) is 0 Å². The van der Waals surface area contributed by atoms with Crippen LogP contribution < -0.4 is 10.6 Å². The van der Waals surface area contributed by atoms with Gasteiger partial charge in [0.25, 0.3) is 11.8 Å². The lowest BCUT2D eigenvalue weighted by atomic mass is 9.87. The number of hydrogen-bond donors (Lipinski definition) is 3. The number of nitrogens with one attached hydrogen (secondary N) is 3. The SMILES string of the molecule is Cc1c(C(=O)N2CCC(c3ccc4c(c3)CN(C3CCC(=O)NC3=O)C4=O)CC2)[nH]c2cc(CN3CCNCC3)ccc12.Cl. The van der Waals surface area contributed by atoms with Gasteiger partial charge in [-0.15, -0.1) is 12.4 Å². The first kappa shape index (κ1) is 30.3. The fourth-order valence-electron chi connectivity index (χ4n) is 7.25. The van der Waals surface area contributed by atoms with Crippen LogP contribution >= 0.6 is 12.4 Å². The third-order valence-electron chi connectivity index (χ3n) is 9.75. The fourth-order valence-corrected chi connectivity index (χ4v) is 7.25. The van der Waals surface area contributed by atoms with E-state index in [4.69, 9.17) is 0 Å². The molecule has 5 heterocycles. The van der Waals surface area contributed by atoms with Crippen molar-refractivity contribution in [1.29, 1.82) is 0 Å². The maximum absolute atomic E-state index is 13.6. The minimum Gasteiger partial charge on any atom is -0.350 e. The van der Waals surface area contributed by atoms with E-state index in [0.29, 0.717) is 43.2 Å². The number of piperidine rings is 2. The maximum atomic E-state index is 13.6. The number of aryl methyl sites for hydroxylation is 1. The molecule has 0 spiro atoms. The first-order valence-electron chi connectivity index (χ1n) is 15.5. The molecule has 2 aromatic carbocycles. The average molecular weight is 619 g/mol. The second kappa shape index (κ2) is 12.3. The molecule has 1 unspecified atom stereocenters. The van der Waals surface area contributed by atoms with E-state index in [1.54, 1.807) is 4.90 Å². The molecule has 3 fully saturated rings. The van der Waals surface area contributed by atoms with E-state index >= 15 is 0 Å². The van der Waals surface area contributed by atoms with Crippen molar-refractivity contribution in [3.05, 3.63) is 69.9 Å². The molecule has 0 radical (unpaired) electrons. The zero-order chi connectivity index (χ0) is 29.7. The second-order valence-electron chi connectivity index (χ2n) is 12.4. The predicted molar refractivity (Wildman–Crippen MR) is 169 cm³/mol. The van der Waals surface area contributed by atoms with E-state index in [2.05, 4.69) is 44.8 Å². The normalized spacial score (nSPS) is 21.4. The number of hydrogen-bond acceptors (Lipinski definition) is 6. The average Bonchev–Trinajstić information content (AvgIpc) is 3.52. The number of H-pyrrole nitrogens is 1. The molecule has 44 heavy (non-hydrogen) atoms. The maximum Gasteiger partial charge on any atom is 0.270 e. The number of aromatic amines is 1. The minimum absolute atomic E-state index is 0. The molecule has 10 nitrogen and oxygen atoms in total. The van der Waals surface area contributed by atoms with Crippen LogP contribution in [0.1, 0.15) is 74.7 Å². The number of nitrogens with zero attached hydrogens (tertiary/aromatic N) is 3. The molecule has 0 saturated carbocycles. The van der Waals surface area contributed by atoms with Gasteiger partial charge in [-0.1, -0.05) is 24.3 Å². The Labute approximate surface area is 262 Å². The van der Waals surface area contributed by atoms with Crippen LogP contribution in [0.3, 0.4) is 0 Å². The van der Waals surface area contributed by atoms with Crippen LogP contribution in [0.2, 0.25) is 0 Å². The van der Waals surface area contributed by atoms with Crippen LogP contribution in [-0.2, 0) is 22.7 Å². The van der Waals surface area contributed by atoms with E-state index in [0.717, 1.165) is 67.6 Å². The van der Waals surface area contributed by atoms with Crippen molar-refractivity contribution in [3.63, 3.8) is 0 Å². The molecule has 4 amide bonds. The van der Waals surface area contributed by atoms with Crippen molar-refractivity contribution in [1.82, 2.24) is 30.3 Å². The summed E-state index contributed by atoms with van der Waals surface area (Å²) < 4.78 is 0. The van der Waals surface area contributed by atoms with Gasteiger partial charge in [0.15, 0.2) is 0 Å². The van der Waals surface area contributed by atoms with Gasteiger partial charge >= 0.3 is 0 Å². The van der Waals surface area contributed by atoms with E-state index < -0.39 is 11.9 Å². The van der Waals surface area contributed by atoms with Crippen LogP contribution in [-0.4, -0.2) is 88.6 Å². The number of piperazine rings is 1. The monoisotopic (exact) mass is 618 g/mol. The Morgan fingerprint density at radius 3 is 2.48 bits per heavy atom. The van der Waals surface area contributed by atoms with Gasteiger partial charge in [-0.3, -0.25) is 29.4 Å². The molecule has 3 N–H and O–H groups in total. The number of fused-ring (bicyclic) bond motifs is 2. The Morgan fingerprint density at radius 1 is 0.955 bits per heavy atom. The molecule has 0 aliphatic carbocycles. The van der Waals surface area contributed by atoms with Gasteiger partial charge in [0.05, 0.1) is 0 Å². The third kappa shape index (κ3) is 5.62. The molecule has 4 aliphatic rings. The number of rotatable bonds is 5. The number of benzene rings is 2. The summed E-state index contributed by atoms with van der Waals surface area (Å²) in [6.07, 6.45) is 2.30. The lowest BCUT2D eigenvalue weighted by Crippen LogP contribution is -2.52. The quantitative estimate of drug-likeness (QED) is 0.379. The topological polar surface area (TPSA) is 118 Å². The molecule has 3 aromatic rings. The Balaban J connectivity index is 0.00000343. The Bertz CT molecular complexity index is 1620. The van der Waals surface area contributed by atoms with Gasteiger partial charge in [0.1, 0.15) is 11.7 Å². The summed E-state index contributed by atoms with van der Waals surface area (Å²) in [5.74, 6) is -0.481. The molecular weight excluding hydrogens is 580 g/mol. The highest BCUT2D eigenvalue weighted by molar-refractivity contribution is 6.05. The summed E-state index contributed by atoms with van der Waals surface area (Å²) in [5, 5.41) is 6.86. The second-order valence-corrected chi connectivity index (χ2v) is 12.4. The van der Waals surface area contributed by atoms with Gasteiger partial charge < -0.3 is 20.1 Å². The van der Waals surface area contributed by atoms with Gasteiger partial charge in [0.2, 0.25) is 11.8 Å². The summed E-state index contributed by atoms with van der Waals surface area (Å²) in [6, 6.07) is 11.9. The zero-order valence-electron chi connectivity index (χ0n) is 25.0. The summed E-state index contributed by atoms with van der Waals surface area (Å²) in [7, 11) is 0. The molecule has 7 rings (SSSR count). The molecule has 232 valence electrons. The summed E-state index contributed by atoms with van der Waals surface area (Å²) >= 11 is 0. The first-order valence-corrected chi connectivity index (χ1v) is 15.5. The van der Waals surface area contributed by atoms with E-state index in [1.165, 1.54) is 11.1 Å². The van der Waals surface area contributed by atoms with Crippen LogP contribution in [0.25, 0.3) is 10.9 Å². The highest BCUT2D eigenvalue weighted by Crippen LogP contribution is 2.34. The van der Waals surface area contributed by atoms with Crippen molar-refractivity contribution < 1.29 is 19.2 Å². The van der Waals surface area contributed by atoms with Crippen LogP contribution in [0.4, 0.5) is 0 Å². The number of likely N-dealkylation sites (tertiary alicyclic amines) is 1. The first-order chi connectivity index (χ1) is 20.9. The number of carbonyl (C=O) groups excluding carboxylic acids is 4. The number of amides is 4. The van der Waals surface area contributed by atoms with Gasteiger partial charge in [-0.25, -0.2) is 0 Å². The van der Waals surface area contributed by atoms with E-state index in [1.807, 2.05) is 24.0 Å². The number of carbonyl (C=O) groups is 4. The number of halogens is 1. The molecule has 1 atom stereocenters. The molecule has 0 bridgehead atoms. The standard InChI is InChI=1S/C33H38N6O4.ClH/c1-20-25-4-2-21(18-37-14-10-34-11-15-37)16-27(25)35-30(20)33(43)38-12-8-22(9-13-38)23-3-5-26-24(17-23)19-39(32(26)42)28-6-7-29(40)36-31(28)41;/h2-5,16-17,22,28,34-35H,6-15,18-19H2,1H3,(H,36,40,41);1H. The molecule has 11 heteroatoms. The fraction of sp³-hybridized carbons (Fsp3) is 0.455. The summed E-state index contributed by atoms with van der Waals surface area (Å²) in [6.45, 7) is 8.80. The molecular formula is C33H39ClN6O4. The number of aromatic nitrogens is 1. The zero-order valence-corrected chi connectivity index (χ0v) is 25.8. The van der Waals surface area contributed by atoms with Crippen molar-refractivity contribution in [3.8, 4) is 0 Å². The Morgan fingerprint density at radius 2 is 1.73 bits per heavy atom. The molecule has 4 aliphatic heterocycles. The highest BCUT2D eigenvalue weighted by Gasteiger charge is 2.39. The largest absolute Gasteiger partial charge is 0.350 e. The molecule has 1 aromatic heterocycles. The van der Waals surface area contributed by atoms with Gasteiger partial charge in [-0.05, 0) is 66.5 Å². The third-order valence-corrected chi connectivity index (χ3v) is 9.75. The smallest absolute Gasteiger partial charge is 0.270 e. The van der Waals surface area contributed by atoms with Crippen LogP contribution in [0.15, 0.2) is 36.4 Å². The van der Waals surface area contributed by atoms with Gasteiger partial charge in [-0.2, -0.15) is 0 Å². The van der Waals surface area contributed by atoms with E-state index in [9.17, 15) is 19.2 Å². The summed E-state index contributed by atoms with van der Waals surface area (Å²) in [4.78, 5) is 60.1. The Kier molecular flexibility index (Phi) is 8.50. The summed E-state index contributed by atoms with van der Waals surface area (Å²) in [5.41, 5.74) is 6.68. The number of imide groups is 1. The lowest BCUT2D eigenvalue weighted by Gasteiger charge is -2.32. The van der Waals surface area contributed by atoms with Gasteiger partial charge in [0, 0.05) is 75.2 Å². The predicted octanol–water partition coefficient (Wildman–Crippen LogP) is 3.08. The molecule has 3 saturated heterocycles. The van der Waals surface area contributed by atoms with Crippen molar-refractivity contribution >= 4 is 46.9 Å². The van der Waals surface area contributed by atoms with Crippen molar-refractivity contribution in [2.45, 2.75) is 57.7 Å². The van der Waals surface area contributed by atoms with Crippen LogP contribution in [0, 0.1) is 6.92 Å². The van der Waals surface area contributed by atoms with Crippen molar-refractivity contribution in [2.75, 3.05) is 39.3 Å². The minimum atomic E-state index is -0.609. The highest BCUT2D eigenvalue weighted by atomic mass is 35.5. The Hall–Kier alpha value is -3.73.